The molecule has 0 bridgehead atoms. The monoisotopic (exact) mass is 324 g/mol. The van der Waals surface area contributed by atoms with Crippen molar-refractivity contribution in [2.75, 3.05) is 57.4 Å². The van der Waals surface area contributed by atoms with Crippen LogP contribution in [0.4, 0.5) is 10.6 Å². The van der Waals surface area contributed by atoms with Gasteiger partial charge in [-0.3, -0.25) is 0 Å². The molecule has 6 nitrogen and oxygen atoms in total. The zero-order chi connectivity index (χ0) is 15.4. The summed E-state index contributed by atoms with van der Waals surface area (Å²) in [4.78, 5) is 22.9. The van der Waals surface area contributed by atoms with E-state index in [1.807, 2.05) is 21.9 Å². The molecule has 7 heteroatoms. The van der Waals surface area contributed by atoms with E-state index < -0.39 is 0 Å². The Morgan fingerprint density at radius 3 is 2.64 bits per heavy atom. The van der Waals surface area contributed by atoms with E-state index in [9.17, 15) is 4.79 Å². The lowest BCUT2D eigenvalue weighted by Gasteiger charge is -2.32. The zero-order valence-corrected chi connectivity index (χ0v) is 13.3. The summed E-state index contributed by atoms with van der Waals surface area (Å²) < 4.78 is 5.31. The van der Waals surface area contributed by atoms with E-state index in [2.05, 4.69) is 9.88 Å². The second kappa shape index (κ2) is 7.15. The highest BCUT2D eigenvalue weighted by molar-refractivity contribution is 6.32. The van der Waals surface area contributed by atoms with E-state index in [0.29, 0.717) is 37.9 Å². The molecule has 0 aliphatic carbocycles. The average molecular weight is 325 g/mol. The van der Waals surface area contributed by atoms with Crippen molar-refractivity contribution in [3.63, 3.8) is 0 Å². The fraction of sp³-hybridized carbons (Fsp3) is 0.600. The van der Waals surface area contributed by atoms with Crippen LogP contribution in [0.5, 0.6) is 0 Å². The number of urea groups is 1. The summed E-state index contributed by atoms with van der Waals surface area (Å²) in [6.07, 6.45) is 2.67. The molecule has 2 amide bonds. The van der Waals surface area contributed by atoms with Gasteiger partial charge in [0.15, 0.2) is 0 Å². The third-order valence-corrected chi connectivity index (χ3v) is 4.38. The normalized spacial score (nSPS) is 20.0. The molecule has 3 heterocycles. The van der Waals surface area contributed by atoms with Crippen LogP contribution in [-0.4, -0.2) is 73.3 Å². The summed E-state index contributed by atoms with van der Waals surface area (Å²) >= 11 is 6.22. The largest absolute Gasteiger partial charge is 0.378 e. The van der Waals surface area contributed by atoms with Crippen molar-refractivity contribution in [3.05, 3.63) is 23.4 Å². The molecule has 2 saturated heterocycles. The highest BCUT2D eigenvalue weighted by Gasteiger charge is 2.25. The highest BCUT2D eigenvalue weighted by atomic mass is 35.5. The number of hydrogen-bond donors (Lipinski definition) is 0. The maximum absolute atomic E-state index is 12.6. The lowest BCUT2D eigenvalue weighted by Crippen LogP contribution is -2.49. The number of anilines is 1. The highest BCUT2D eigenvalue weighted by Crippen LogP contribution is 2.23. The fourth-order valence-corrected chi connectivity index (χ4v) is 3.13. The Labute approximate surface area is 135 Å². The topological polar surface area (TPSA) is 48.9 Å². The number of amides is 2. The van der Waals surface area contributed by atoms with Gasteiger partial charge in [0.05, 0.1) is 18.2 Å². The Morgan fingerprint density at radius 1 is 1.09 bits per heavy atom. The molecule has 0 radical (unpaired) electrons. The van der Waals surface area contributed by atoms with Crippen LogP contribution in [-0.2, 0) is 4.74 Å². The van der Waals surface area contributed by atoms with Crippen molar-refractivity contribution in [3.8, 4) is 0 Å². The van der Waals surface area contributed by atoms with Crippen LogP contribution in [0.1, 0.15) is 6.42 Å². The van der Waals surface area contributed by atoms with Crippen LogP contribution < -0.4 is 4.90 Å². The Morgan fingerprint density at radius 2 is 1.86 bits per heavy atom. The maximum atomic E-state index is 12.6. The fourth-order valence-electron chi connectivity index (χ4n) is 2.89. The second-order valence-corrected chi connectivity index (χ2v) is 5.93. The van der Waals surface area contributed by atoms with E-state index >= 15 is 0 Å². The molecule has 1 aromatic rings. The molecule has 22 heavy (non-hydrogen) atoms. The summed E-state index contributed by atoms with van der Waals surface area (Å²) in [5.74, 6) is 0.810. The van der Waals surface area contributed by atoms with Gasteiger partial charge in [0.2, 0.25) is 0 Å². The Hall–Kier alpha value is -1.53. The number of halogens is 1. The van der Waals surface area contributed by atoms with Gasteiger partial charge in [-0.15, -0.1) is 0 Å². The number of carbonyl (C=O) groups excluding carboxylic acids is 1. The van der Waals surface area contributed by atoms with Crippen LogP contribution in [0, 0.1) is 0 Å². The number of hydrogen-bond acceptors (Lipinski definition) is 4. The van der Waals surface area contributed by atoms with E-state index in [1.54, 1.807) is 6.20 Å². The molecule has 0 atom stereocenters. The lowest BCUT2D eigenvalue weighted by atomic mass is 10.3. The summed E-state index contributed by atoms with van der Waals surface area (Å²) in [5.41, 5.74) is 0. The smallest absolute Gasteiger partial charge is 0.320 e. The quantitative estimate of drug-likeness (QED) is 0.789. The first-order chi connectivity index (χ1) is 10.8. The van der Waals surface area contributed by atoms with Gasteiger partial charge in [0.25, 0.3) is 0 Å². The van der Waals surface area contributed by atoms with Crippen molar-refractivity contribution >= 4 is 23.4 Å². The van der Waals surface area contributed by atoms with Crippen LogP contribution in [0.15, 0.2) is 18.3 Å². The molecule has 2 fully saturated rings. The molecule has 0 N–H and O–H groups in total. The van der Waals surface area contributed by atoms with Crippen molar-refractivity contribution < 1.29 is 9.53 Å². The van der Waals surface area contributed by atoms with Crippen LogP contribution >= 0.6 is 11.6 Å². The molecule has 0 aromatic carbocycles. The van der Waals surface area contributed by atoms with Gasteiger partial charge in [-0.05, 0) is 18.6 Å². The van der Waals surface area contributed by atoms with Crippen molar-refractivity contribution in [2.24, 2.45) is 0 Å². The molecule has 120 valence electrons. The minimum atomic E-state index is 0.122. The first kappa shape index (κ1) is 15.4. The predicted molar refractivity (Wildman–Crippen MR) is 85.4 cm³/mol. The van der Waals surface area contributed by atoms with Gasteiger partial charge in [-0.1, -0.05) is 11.6 Å². The molecule has 0 saturated carbocycles. The minimum absolute atomic E-state index is 0.122. The minimum Gasteiger partial charge on any atom is -0.378 e. The van der Waals surface area contributed by atoms with Crippen molar-refractivity contribution in [1.82, 2.24) is 14.8 Å². The van der Waals surface area contributed by atoms with Crippen molar-refractivity contribution in [2.45, 2.75) is 6.42 Å². The van der Waals surface area contributed by atoms with Crippen LogP contribution in [0.3, 0.4) is 0 Å². The summed E-state index contributed by atoms with van der Waals surface area (Å²) in [6.45, 7) is 5.73. The number of nitrogens with zero attached hydrogens (tertiary/aromatic N) is 4. The van der Waals surface area contributed by atoms with E-state index in [4.69, 9.17) is 16.3 Å². The third kappa shape index (κ3) is 3.44. The van der Waals surface area contributed by atoms with Gasteiger partial charge in [-0.2, -0.15) is 0 Å². The van der Waals surface area contributed by atoms with Gasteiger partial charge in [0, 0.05) is 45.5 Å². The van der Waals surface area contributed by atoms with Gasteiger partial charge in [0.1, 0.15) is 5.82 Å². The van der Waals surface area contributed by atoms with Crippen LogP contribution in [0.25, 0.3) is 0 Å². The lowest BCUT2D eigenvalue weighted by molar-refractivity contribution is 0.0438. The molecular formula is C15H21ClN4O2. The van der Waals surface area contributed by atoms with Gasteiger partial charge < -0.3 is 19.4 Å². The van der Waals surface area contributed by atoms with Gasteiger partial charge >= 0.3 is 6.03 Å². The Bertz CT molecular complexity index is 522. The molecule has 2 aliphatic heterocycles. The van der Waals surface area contributed by atoms with E-state index in [-0.39, 0.29) is 6.03 Å². The number of morpholine rings is 1. The SMILES string of the molecule is O=C(N1CCOCC1)N1CCCN(c2ncccc2Cl)CC1. The molecule has 0 spiro atoms. The van der Waals surface area contributed by atoms with E-state index in [0.717, 1.165) is 31.9 Å². The number of ether oxygens (including phenoxy) is 1. The summed E-state index contributed by atoms with van der Waals surface area (Å²) in [5, 5.41) is 0.662. The number of aromatic nitrogens is 1. The standard InChI is InChI=1S/C15H21ClN4O2/c16-13-3-1-4-17-14(13)18-5-2-6-19(8-7-18)15(21)20-9-11-22-12-10-20/h1,3-4H,2,5-12H2. The first-order valence-electron chi connectivity index (χ1n) is 7.73. The van der Waals surface area contributed by atoms with Gasteiger partial charge in [-0.25, -0.2) is 9.78 Å². The predicted octanol–water partition coefficient (Wildman–Crippen LogP) is 1.70. The molecule has 2 aliphatic rings. The summed E-state index contributed by atoms with van der Waals surface area (Å²) in [6, 6.07) is 3.81. The Kier molecular flexibility index (Phi) is 5.00. The van der Waals surface area contributed by atoms with Crippen molar-refractivity contribution in [1.29, 1.82) is 0 Å². The second-order valence-electron chi connectivity index (χ2n) is 5.52. The van der Waals surface area contributed by atoms with Crippen LogP contribution in [0.2, 0.25) is 5.02 Å². The number of pyridine rings is 1. The molecular weight excluding hydrogens is 304 g/mol. The third-order valence-electron chi connectivity index (χ3n) is 4.09. The molecule has 0 unspecified atom stereocenters. The average Bonchev–Trinajstić information content (AvgIpc) is 2.81. The zero-order valence-electron chi connectivity index (χ0n) is 12.6. The maximum Gasteiger partial charge on any atom is 0.320 e. The number of rotatable bonds is 1. The number of carbonyl (C=O) groups is 1. The first-order valence-corrected chi connectivity index (χ1v) is 8.10. The summed E-state index contributed by atoms with van der Waals surface area (Å²) in [7, 11) is 0. The molecule has 3 rings (SSSR count). The van der Waals surface area contributed by atoms with E-state index in [1.165, 1.54) is 0 Å². The Balaban J connectivity index is 1.62. The molecule has 1 aromatic heterocycles.